The quantitative estimate of drug-likeness (QED) is 0.464. The van der Waals surface area contributed by atoms with Crippen molar-refractivity contribution in [2.75, 3.05) is 13.2 Å². The molecule has 0 spiro atoms. The van der Waals surface area contributed by atoms with Crippen LogP contribution in [-0.4, -0.2) is 28.3 Å². The van der Waals surface area contributed by atoms with Crippen LogP contribution in [0.5, 0.6) is 11.5 Å². The number of aromatic nitrogens is 2. The molecular weight excluding hydrogens is 338 g/mol. The molecule has 0 aliphatic heterocycles. The highest BCUT2D eigenvalue weighted by molar-refractivity contribution is 5.63. The zero-order valence-electron chi connectivity index (χ0n) is 14.3. The third-order valence-electron chi connectivity index (χ3n) is 3.55. The summed E-state index contributed by atoms with van der Waals surface area (Å²) in [5.41, 5.74) is 1.32. The summed E-state index contributed by atoms with van der Waals surface area (Å²) in [5.74, 6) is 1.92. The molecule has 1 heterocycles. The monoisotopic (exact) mass is 355 g/mol. The van der Waals surface area contributed by atoms with Gasteiger partial charge >= 0.3 is 0 Å². The third kappa shape index (κ3) is 3.64. The van der Waals surface area contributed by atoms with Crippen molar-refractivity contribution in [3.63, 3.8) is 0 Å². The summed E-state index contributed by atoms with van der Waals surface area (Å²) in [5, 5.41) is 14.7. The molecule has 3 aromatic rings. The molecule has 0 saturated heterocycles. The van der Waals surface area contributed by atoms with Crippen LogP contribution in [0, 0.1) is 10.1 Å². The Kier molecular flexibility index (Phi) is 5.12. The molecule has 134 valence electrons. The molecule has 1 aromatic heterocycles. The fraction of sp³-hybridized carbons (Fsp3) is 0.222. The number of benzene rings is 2. The zero-order chi connectivity index (χ0) is 18.5. The summed E-state index contributed by atoms with van der Waals surface area (Å²) in [6.07, 6.45) is 0. The van der Waals surface area contributed by atoms with Crippen molar-refractivity contribution in [1.29, 1.82) is 0 Å². The van der Waals surface area contributed by atoms with E-state index >= 15 is 0 Å². The van der Waals surface area contributed by atoms with Gasteiger partial charge in [-0.2, -0.15) is 4.98 Å². The molecule has 0 bridgehead atoms. The lowest BCUT2D eigenvalue weighted by Crippen LogP contribution is -1.98. The van der Waals surface area contributed by atoms with Crippen LogP contribution in [0.4, 0.5) is 5.69 Å². The van der Waals surface area contributed by atoms with E-state index in [0.29, 0.717) is 47.6 Å². The molecule has 26 heavy (non-hydrogen) atoms. The van der Waals surface area contributed by atoms with Crippen molar-refractivity contribution in [2.24, 2.45) is 0 Å². The van der Waals surface area contributed by atoms with Crippen molar-refractivity contribution in [2.45, 2.75) is 13.8 Å². The molecular formula is C18H17N3O5. The highest BCUT2D eigenvalue weighted by Crippen LogP contribution is 2.33. The van der Waals surface area contributed by atoms with Gasteiger partial charge in [-0.1, -0.05) is 5.16 Å². The molecule has 0 atom stereocenters. The normalized spacial score (nSPS) is 10.5. The minimum atomic E-state index is -0.458. The number of rotatable bonds is 7. The van der Waals surface area contributed by atoms with E-state index in [-0.39, 0.29) is 5.69 Å². The first-order valence-corrected chi connectivity index (χ1v) is 8.11. The Morgan fingerprint density at radius 3 is 2.31 bits per heavy atom. The number of nitro benzene ring substituents is 1. The summed E-state index contributed by atoms with van der Waals surface area (Å²) in [6, 6.07) is 11.3. The fourth-order valence-corrected chi connectivity index (χ4v) is 2.37. The highest BCUT2D eigenvalue weighted by atomic mass is 16.6. The second kappa shape index (κ2) is 7.64. The first-order valence-electron chi connectivity index (χ1n) is 8.11. The molecule has 0 N–H and O–H groups in total. The van der Waals surface area contributed by atoms with Gasteiger partial charge in [0.1, 0.15) is 0 Å². The second-order valence-corrected chi connectivity index (χ2v) is 5.25. The van der Waals surface area contributed by atoms with E-state index in [2.05, 4.69) is 10.1 Å². The maximum atomic E-state index is 10.7. The van der Waals surface area contributed by atoms with Crippen molar-refractivity contribution in [3.8, 4) is 34.3 Å². The Morgan fingerprint density at radius 2 is 1.65 bits per heavy atom. The van der Waals surface area contributed by atoms with Gasteiger partial charge in [0.25, 0.3) is 11.6 Å². The highest BCUT2D eigenvalue weighted by Gasteiger charge is 2.15. The Hall–Kier alpha value is -3.42. The average Bonchev–Trinajstić information content (AvgIpc) is 3.14. The standard InChI is InChI=1S/C18H17N3O5/c1-3-24-15-10-7-13(11-16(15)25-4-2)18-19-17(20-26-18)12-5-8-14(9-6-12)21(22)23/h5-11H,3-4H2,1-2H3. The van der Waals surface area contributed by atoms with E-state index in [9.17, 15) is 10.1 Å². The number of ether oxygens (including phenoxy) is 2. The van der Waals surface area contributed by atoms with Crippen molar-refractivity contribution in [1.82, 2.24) is 10.1 Å². The van der Waals surface area contributed by atoms with Crippen LogP contribution in [0.2, 0.25) is 0 Å². The number of hydrogen-bond donors (Lipinski definition) is 0. The number of nitrogens with zero attached hydrogens (tertiary/aromatic N) is 3. The Labute approximate surface area is 149 Å². The predicted octanol–water partition coefficient (Wildman–Crippen LogP) is 4.11. The van der Waals surface area contributed by atoms with E-state index in [1.165, 1.54) is 12.1 Å². The molecule has 8 nitrogen and oxygen atoms in total. The predicted molar refractivity (Wildman–Crippen MR) is 94.2 cm³/mol. The Morgan fingerprint density at radius 1 is 1.00 bits per heavy atom. The first-order chi connectivity index (χ1) is 12.6. The Balaban J connectivity index is 1.89. The molecule has 0 radical (unpaired) electrons. The molecule has 0 amide bonds. The smallest absolute Gasteiger partial charge is 0.269 e. The number of hydrogen-bond acceptors (Lipinski definition) is 7. The number of non-ortho nitro benzene ring substituents is 1. The van der Waals surface area contributed by atoms with E-state index in [0.717, 1.165) is 0 Å². The van der Waals surface area contributed by atoms with Crippen molar-refractivity contribution in [3.05, 3.63) is 52.6 Å². The molecule has 0 aliphatic rings. The summed E-state index contributed by atoms with van der Waals surface area (Å²) in [4.78, 5) is 14.6. The van der Waals surface area contributed by atoms with Crippen LogP contribution in [0.1, 0.15) is 13.8 Å². The molecule has 3 rings (SSSR count). The van der Waals surface area contributed by atoms with E-state index in [1.54, 1.807) is 30.3 Å². The van der Waals surface area contributed by atoms with Gasteiger partial charge in [-0.25, -0.2) is 0 Å². The SMILES string of the molecule is CCOc1ccc(-c2nc(-c3ccc([N+](=O)[O-])cc3)no2)cc1OCC. The minimum Gasteiger partial charge on any atom is -0.490 e. The summed E-state index contributed by atoms with van der Waals surface area (Å²) < 4.78 is 16.5. The molecule has 2 aromatic carbocycles. The second-order valence-electron chi connectivity index (χ2n) is 5.25. The van der Waals surface area contributed by atoms with Gasteiger partial charge in [0.05, 0.1) is 18.1 Å². The number of nitro groups is 1. The maximum Gasteiger partial charge on any atom is 0.269 e. The summed E-state index contributed by atoms with van der Waals surface area (Å²) in [6.45, 7) is 4.82. The van der Waals surface area contributed by atoms with Crippen LogP contribution in [0.3, 0.4) is 0 Å². The Bertz CT molecular complexity index is 905. The lowest BCUT2D eigenvalue weighted by atomic mass is 10.2. The molecule has 0 aliphatic carbocycles. The van der Waals surface area contributed by atoms with Crippen LogP contribution >= 0.6 is 0 Å². The van der Waals surface area contributed by atoms with Gasteiger partial charge in [0.2, 0.25) is 5.82 Å². The van der Waals surface area contributed by atoms with Crippen LogP contribution in [-0.2, 0) is 0 Å². The third-order valence-corrected chi connectivity index (χ3v) is 3.55. The summed E-state index contributed by atoms with van der Waals surface area (Å²) >= 11 is 0. The fourth-order valence-electron chi connectivity index (χ4n) is 2.37. The van der Waals surface area contributed by atoms with Gasteiger partial charge in [0.15, 0.2) is 11.5 Å². The van der Waals surface area contributed by atoms with E-state index < -0.39 is 4.92 Å². The largest absolute Gasteiger partial charge is 0.490 e. The van der Waals surface area contributed by atoms with Gasteiger partial charge < -0.3 is 14.0 Å². The minimum absolute atomic E-state index is 0.00494. The van der Waals surface area contributed by atoms with Crippen molar-refractivity contribution < 1.29 is 18.9 Å². The molecule has 0 fully saturated rings. The topological polar surface area (TPSA) is 101 Å². The molecule has 8 heteroatoms. The van der Waals surface area contributed by atoms with E-state index in [4.69, 9.17) is 14.0 Å². The molecule has 0 unspecified atom stereocenters. The van der Waals surface area contributed by atoms with E-state index in [1.807, 2.05) is 13.8 Å². The lowest BCUT2D eigenvalue weighted by molar-refractivity contribution is -0.384. The van der Waals surface area contributed by atoms with Crippen molar-refractivity contribution >= 4 is 5.69 Å². The average molecular weight is 355 g/mol. The van der Waals surface area contributed by atoms with Gasteiger partial charge in [0, 0.05) is 23.3 Å². The van der Waals surface area contributed by atoms with Crippen LogP contribution in [0.25, 0.3) is 22.8 Å². The van der Waals surface area contributed by atoms with Crippen LogP contribution < -0.4 is 9.47 Å². The van der Waals surface area contributed by atoms with Gasteiger partial charge in [-0.15, -0.1) is 0 Å². The zero-order valence-corrected chi connectivity index (χ0v) is 14.3. The van der Waals surface area contributed by atoms with Crippen LogP contribution in [0.15, 0.2) is 47.0 Å². The van der Waals surface area contributed by atoms with Gasteiger partial charge in [-0.05, 0) is 44.2 Å². The molecule has 0 saturated carbocycles. The summed E-state index contributed by atoms with van der Waals surface area (Å²) in [7, 11) is 0. The maximum absolute atomic E-state index is 10.7. The van der Waals surface area contributed by atoms with Gasteiger partial charge in [-0.3, -0.25) is 10.1 Å². The first kappa shape index (κ1) is 17.4. The lowest BCUT2D eigenvalue weighted by Gasteiger charge is -2.11.